The standard InChI is InChI=1S/C19H15N3O5S/c1-26-19(25)13-8-5-12(6-9-13)7-10-17(24)27-11-16(23)20-14-3-2-4-15-18(14)22-28-21-15/h2-10H,11H2,1H3,(H,20,23)/b10-7+. The molecule has 0 spiro atoms. The summed E-state index contributed by atoms with van der Waals surface area (Å²) < 4.78 is 17.8. The van der Waals surface area contributed by atoms with Crippen LogP contribution in [-0.4, -0.2) is 31.6 Å². The zero-order valence-electron chi connectivity index (χ0n) is 14.7. The molecule has 0 aromatic heterocycles. The number of ether oxygens (including phenoxy) is 2. The number of esters is 2. The normalized spacial score (nSPS) is 11.6. The number of nitrogens with zero attached hydrogens (tertiary/aromatic N) is 2. The van der Waals surface area contributed by atoms with E-state index in [2.05, 4.69) is 18.8 Å². The van der Waals surface area contributed by atoms with Gasteiger partial charge in [0, 0.05) is 6.08 Å². The Labute approximate surface area is 164 Å². The molecule has 0 bridgehead atoms. The molecule has 1 aliphatic heterocycles. The fourth-order valence-corrected chi connectivity index (χ4v) is 2.84. The Morgan fingerprint density at radius 3 is 2.64 bits per heavy atom. The summed E-state index contributed by atoms with van der Waals surface area (Å²) >= 11 is 1.05. The van der Waals surface area contributed by atoms with Crippen LogP contribution in [0.4, 0.5) is 17.1 Å². The van der Waals surface area contributed by atoms with E-state index in [-0.39, 0.29) is 0 Å². The molecular weight excluding hydrogens is 382 g/mol. The molecule has 0 radical (unpaired) electrons. The molecule has 142 valence electrons. The quantitative estimate of drug-likeness (QED) is 0.507. The average Bonchev–Trinajstić information content (AvgIpc) is 3.20. The summed E-state index contributed by atoms with van der Waals surface area (Å²) in [6, 6.07) is 11.7. The van der Waals surface area contributed by atoms with E-state index in [9.17, 15) is 14.4 Å². The molecule has 8 nitrogen and oxygen atoms in total. The second-order valence-electron chi connectivity index (χ2n) is 5.54. The highest BCUT2D eigenvalue weighted by Crippen LogP contribution is 2.38. The highest BCUT2D eigenvalue weighted by atomic mass is 32.1. The van der Waals surface area contributed by atoms with Crippen LogP contribution in [0.3, 0.4) is 0 Å². The van der Waals surface area contributed by atoms with Crippen LogP contribution in [0, 0.1) is 0 Å². The van der Waals surface area contributed by atoms with Crippen molar-refractivity contribution in [2.75, 3.05) is 19.0 Å². The maximum absolute atomic E-state index is 12.0. The number of carbonyl (C=O) groups excluding carboxylic acids is 3. The maximum Gasteiger partial charge on any atom is 0.337 e. The van der Waals surface area contributed by atoms with Crippen molar-refractivity contribution in [2.24, 2.45) is 8.73 Å². The van der Waals surface area contributed by atoms with E-state index in [0.29, 0.717) is 28.2 Å². The van der Waals surface area contributed by atoms with Crippen LogP contribution < -0.4 is 5.32 Å². The van der Waals surface area contributed by atoms with E-state index in [1.54, 1.807) is 42.5 Å². The number of carbonyl (C=O) groups is 3. The molecule has 0 unspecified atom stereocenters. The zero-order valence-corrected chi connectivity index (χ0v) is 15.6. The summed E-state index contributed by atoms with van der Waals surface area (Å²) in [6.45, 7) is -0.432. The lowest BCUT2D eigenvalue weighted by Gasteiger charge is -2.07. The molecule has 1 N–H and O–H groups in total. The molecule has 0 aliphatic carbocycles. The Morgan fingerprint density at radius 2 is 1.89 bits per heavy atom. The number of hydrogen-bond donors (Lipinski definition) is 1. The van der Waals surface area contributed by atoms with E-state index >= 15 is 0 Å². The van der Waals surface area contributed by atoms with Gasteiger partial charge in [0.2, 0.25) is 0 Å². The van der Waals surface area contributed by atoms with Gasteiger partial charge in [0.05, 0.1) is 29.7 Å². The molecule has 2 aromatic carbocycles. The summed E-state index contributed by atoms with van der Waals surface area (Å²) in [7, 11) is 1.30. The number of anilines is 1. The third kappa shape index (κ3) is 4.77. The van der Waals surface area contributed by atoms with Gasteiger partial charge in [-0.25, -0.2) is 9.59 Å². The first-order chi connectivity index (χ1) is 13.6. The van der Waals surface area contributed by atoms with Crippen LogP contribution in [0.25, 0.3) is 6.08 Å². The fraction of sp³-hybridized carbons (Fsp3) is 0.105. The molecule has 1 amide bonds. The lowest BCUT2D eigenvalue weighted by atomic mass is 10.1. The van der Waals surface area contributed by atoms with Crippen LogP contribution in [0.5, 0.6) is 0 Å². The summed E-state index contributed by atoms with van der Waals surface area (Å²) in [5.74, 6) is -1.59. The molecule has 1 heterocycles. The topological polar surface area (TPSA) is 106 Å². The van der Waals surface area contributed by atoms with Crippen LogP contribution in [0.15, 0.2) is 57.3 Å². The lowest BCUT2D eigenvalue weighted by Crippen LogP contribution is -2.20. The molecular formula is C19H15N3O5S. The van der Waals surface area contributed by atoms with Crippen molar-refractivity contribution in [3.8, 4) is 0 Å². The van der Waals surface area contributed by atoms with Gasteiger partial charge in [-0.15, -0.1) is 0 Å². The number of rotatable bonds is 6. The van der Waals surface area contributed by atoms with Crippen molar-refractivity contribution in [1.82, 2.24) is 0 Å². The third-order valence-electron chi connectivity index (χ3n) is 3.65. The second-order valence-corrected chi connectivity index (χ2v) is 6.07. The minimum absolute atomic E-state index is 0.407. The van der Waals surface area contributed by atoms with Gasteiger partial charge >= 0.3 is 11.9 Å². The minimum Gasteiger partial charge on any atom is -0.465 e. The van der Waals surface area contributed by atoms with Gasteiger partial charge in [0.25, 0.3) is 5.91 Å². The number of hydrogen-bond acceptors (Lipinski definition) is 7. The van der Waals surface area contributed by atoms with Crippen LogP contribution in [0.1, 0.15) is 15.9 Å². The minimum atomic E-state index is -0.666. The summed E-state index contributed by atoms with van der Waals surface area (Å²) in [4.78, 5) is 35.1. The van der Waals surface area contributed by atoms with Crippen LogP contribution in [-0.2, 0) is 30.4 Å². The third-order valence-corrected chi connectivity index (χ3v) is 4.19. The Balaban J connectivity index is 1.49. The van der Waals surface area contributed by atoms with Crippen molar-refractivity contribution in [3.05, 3.63) is 59.7 Å². The predicted octanol–water partition coefficient (Wildman–Crippen LogP) is 3.39. The van der Waals surface area contributed by atoms with Crippen molar-refractivity contribution < 1.29 is 23.9 Å². The molecule has 0 atom stereocenters. The molecule has 0 saturated carbocycles. The van der Waals surface area contributed by atoms with Crippen molar-refractivity contribution in [3.63, 3.8) is 0 Å². The Kier molecular flexibility index (Phi) is 6.07. The monoisotopic (exact) mass is 397 g/mol. The second kappa shape index (κ2) is 8.87. The largest absolute Gasteiger partial charge is 0.465 e. The smallest absolute Gasteiger partial charge is 0.337 e. The van der Waals surface area contributed by atoms with Gasteiger partial charge in [-0.1, -0.05) is 18.2 Å². The van der Waals surface area contributed by atoms with Gasteiger partial charge in [0.15, 0.2) is 6.61 Å². The van der Waals surface area contributed by atoms with Gasteiger partial charge in [-0.2, -0.15) is 8.73 Å². The number of nitrogens with one attached hydrogen (secondary N) is 1. The van der Waals surface area contributed by atoms with Gasteiger partial charge < -0.3 is 14.8 Å². The van der Waals surface area contributed by atoms with E-state index in [1.807, 2.05) is 0 Å². The molecule has 2 aromatic rings. The summed E-state index contributed by atoms with van der Waals surface area (Å²) in [5.41, 5.74) is 2.87. The number of fused-ring (bicyclic) bond motifs is 1. The van der Waals surface area contributed by atoms with Crippen molar-refractivity contribution in [1.29, 1.82) is 0 Å². The fourth-order valence-electron chi connectivity index (χ4n) is 2.29. The van der Waals surface area contributed by atoms with E-state index in [0.717, 1.165) is 11.4 Å². The first-order valence-electron chi connectivity index (χ1n) is 8.11. The average molecular weight is 397 g/mol. The summed E-state index contributed by atoms with van der Waals surface area (Å²) in [6.07, 6.45) is 2.72. The van der Waals surface area contributed by atoms with Crippen LogP contribution in [0.2, 0.25) is 0 Å². The predicted molar refractivity (Wildman–Crippen MR) is 104 cm³/mol. The van der Waals surface area contributed by atoms with Crippen molar-refractivity contribution >= 4 is 52.3 Å². The van der Waals surface area contributed by atoms with Crippen LogP contribution >= 0.6 is 0 Å². The highest BCUT2D eigenvalue weighted by molar-refractivity contribution is 7.58. The van der Waals surface area contributed by atoms with Gasteiger partial charge in [0.1, 0.15) is 11.4 Å². The Hall–Kier alpha value is -3.59. The number of amides is 1. The van der Waals surface area contributed by atoms with Crippen molar-refractivity contribution in [2.45, 2.75) is 0 Å². The first kappa shape index (κ1) is 19.2. The number of benzene rings is 2. The Morgan fingerprint density at radius 1 is 1.11 bits per heavy atom. The Bertz CT molecular complexity index is 1020. The van der Waals surface area contributed by atoms with E-state index in [1.165, 1.54) is 19.3 Å². The highest BCUT2D eigenvalue weighted by Gasteiger charge is 2.13. The maximum atomic E-state index is 12.0. The first-order valence-corrected chi connectivity index (χ1v) is 8.84. The summed E-state index contributed by atoms with van der Waals surface area (Å²) in [5, 5.41) is 2.64. The lowest BCUT2D eigenvalue weighted by molar-refractivity contribution is -0.142. The molecule has 28 heavy (non-hydrogen) atoms. The van der Waals surface area contributed by atoms with E-state index < -0.39 is 24.5 Å². The van der Waals surface area contributed by atoms with E-state index in [4.69, 9.17) is 4.74 Å². The van der Waals surface area contributed by atoms with Gasteiger partial charge in [-0.3, -0.25) is 4.79 Å². The SMILES string of the molecule is COC(=O)c1ccc(/C=C/C(=O)OCC(=O)Nc2cccc3c2N=S=N3)cc1. The zero-order chi connectivity index (χ0) is 19.9. The van der Waals surface area contributed by atoms with Gasteiger partial charge in [-0.05, 0) is 35.9 Å². The molecule has 9 heteroatoms. The molecule has 1 aliphatic rings. The molecule has 0 saturated heterocycles. The number of methoxy groups -OCH3 is 1. The molecule has 3 rings (SSSR count). The molecule has 0 fully saturated rings.